The fraction of sp³-hybridized carbons (Fsp3) is 0.176. The van der Waals surface area contributed by atoms with Gasteiger partial charge in [0.25, 0.3) is 0 Å². The van der Waals surface area contributed by atoms with E-state index in [1.807, 2.05) is 36.4 Å². The van der Waals surface area contributed by atoms with E-state index in [-0.39, 0.29) is 0 Å². The summed E-state index contributed by atoms with van der Waals surface area (Å²) in [5.74, 6) is 1.70. The van der Waals surface area contributed by atoms with Crippen LogP contribution in [0.3, 0.4) is 0 Å². The summed E-state index contributed by atoms with van der Waals surface area (Å²) >= 11 is 0. The predicted molar refractivity (Wildman–Crippen MR) is 165 cm³/mol. The van der Waals surface area contributed by atoms with Gasteiger partial charge in [-0.05, 0) is 12.8 Å². The molecule has 4 aromatic carbocycles. The maximum absolute atomic E-state index is 4.56. The lowest BCUT2D eigenvalue weighted by Crippen LogP contribution is -2.07. The third kappa shape index (κ3) is 5.61. The Morgan fingerprint density at radius 1 is 0.375 bits per heavy atom. The van der Waals surface area contributed by atoms with Gasteiger partial charge < -0.3 is 10.6 Å². The van der Waals surface area contributed by atoms with Crippen LogP contribution >= 0.6 is 0 Å². The van der Waals surface area contributed by atoms with Crippen molar-refractivity contribution in [2.24, 2.45) is 0 Å². The van der Waals surface area contributed by atoms with Crippen LogP contribution in [0.5, 0.6) is 0 Å². The average molecular weight is 525 g/mol. The number of fused-ring (bicyclic) bond motifs is 2. The van der Waals surface area contributed by atoms with E-state index >= 15 is 0 Å². The Kier molecular flexibility index (Phi) is 7.85. The molecule has 6 aromatic rings. The number of unbranched alkanes of at least 4 members (excludes halogenated alkanes) is 3. The molecule has 6 nitrogen and oxygen atoms in total. The Morgan fingerprint density at radius 2 is 0.750 bits per heavy atom. The first-order valence-corrected chi connectivity index (χ1v) is 14.0. The van der Waals surface area contributed by atoms with Gasteiger partial charge in [-0.1, -0.05) is 122 Å². The maximum Gasteiger partial charge on any atom is 0.156 e. The van der Waals surface area contributed by atoms with Gasteiger partial charge in [0, 0.05) is 45.8 Å². The highest BCUT2D eigenvalue weighted by molar-refractivity contribution is 6.00. The van der Waals surface area contributed by atoms with Crippen molar-refractivity contribution < 1.29 is 0 Å². The molecule has 0 spiro atoms. The van der Waals surface area contributed by atoms with Gasteiger partial charge in [-0.25, -0.2) is 0 Å². The minimum absolute atomic E-state index is 0.848. The number of aromatic nitrogens is 4. The van der Waals surface area contributed by atoms with Gasteiger partial charge in [-0.15, -0.1) is 20.4 Å². The standard InChI is InChI=1S/C34H32N6/c1(13-23-35-33-29-21-11-9-19-27(29)31(37-39-33)25-15-5-3-6-16-25)2-14-24-36-34-30-22-12-10-20-28(30)32(38-40-34)26-17-7-4-8-18-26/h3-12,15-22H,1-2,13-14,23-24H2,(H,35,39)(H,36,40). The molecule has 6 rings (SSSR count). The fourth-order valence-electron chi connectivity index (χ4n) is 5.10. The Balaban J connectivity index is 0.997. The molecule has 2 N–H and O–H groups in total. The van der Waals surface area contributed by atoms with E-state index in [9.17, 15) is 0 Å². The van der Waals surface area contributed by atoms with Gasteiger partial charge in [-0.2, -0.15) is 0 Å². The molecule has 40 heavy (non-hydrogen) atoms. The van der Waals surface area contributed by atoms with E-state index in [1.54, 1.807) is 0 Å². The molecule has 0 aliphatic carbocycles. The zero-order chi connectivity index (χ0) is 27.0. The summed E-state index contributed by atoms with van der Waals surface area (Å²) in [7, 11) is 0. The van der Waals surface area contributed by atoms with Crippen LogP contribution in [0, 0.1) is 0 Å². The van der Waals surface area contributed by atoms with E-state index in [0.717, 1.165) is 94.5 Å². The van der Waals surface area contributed by atoms with Crippen molar-refractivity contribution in [3.8, 4) is 22.5 Å². The van der Waals surface area contributed by atoms with Gasteiger partial charge >= 0.3 is 0 Å². The van der Waals surface area contributed by atoms with E-state index in [1.165, 1.54) is 0 Å². The van der Waals surface area contributed by atoms with Gasteiger partial charge in [0.05, 0.1) is 0 Å². The number of rotatable bonds is 11. The second kappa shape index (κ2) is 12.3. The second-order valence-corrected chi connectivity index (χ2v) is 9.89. The topological polar surface area (TPSA) is 75.6 Å². The van der Waals surface area contributed by atoms with Crippen LogP contribution < -0.4 is 10.6 Å². The monoisotopic (exact) mass is 524 g/mol. The summed E-state index contributed by atoms with van der Waals surface area (Å²) in [6.45, 7) is 1.74. The summed E-state index contributed by atoms with van der Waals surface area (Å²) in [4.78, 5) is 0. The molecule has 0 aliphatic rings. The van der Waals surface area contributed by atoms with Crippen molar-refractivity contribution in [3.63, 3.8) is 0 Å². The molecule has 0 unspecified atom stereocenters. The third-order valence-corrected chi connectivity index (χ3v) is 7.16. The van der Waals surface area contributed by atoms with E-state index in [4.69, 9.17) is 0 Å². The van der Waals surface area contributed by atoms with Crippen molar-refractivity contribution >= 4 is 33.2 Å². The molecule has 2 aromatic heterocycles. The highest BCUT2D eigenvalue weighted by Crippen LogP contribution is 2.30. The first-order valence-electron chi connectivity index (χ1n) is 14.0. The first kappa shape index (κ1) is 25.4. The van der Waals surface area contributed by atoms with Crippen molar-refractivity contribution in [1.29, 1.82) is 0 Å². The highest BCUT2D eigenvalue weighted by Gasteiger charge is 2.11. The first-order chi connectivity index (χ1) is 19.9. The summed E-state index contributed by atoms with van der Waals surface area (Å²) in [6.07, 6.45) is 4.43. The lowest BCUT2D eigenvalue weighted by molar-refractivity contribution is 0.669. The van der Waals surface area contributed by atoms with E-state index in [2.05, 4.69) is 104 Å². The van der Waals surface area contributed by atoms with Crippen molar-refractivity contribution in [3.05, 3.63) is 109 Å². The molecule has 6 heteroatoms. The molecule has 0 saturated heterocycles. The SMILES string of the molecule is c1ccc(-c2nnc(NCCCCCCNc3nnc(-c4ccccc4)c4ccccc34)c3ccccc23)cc1. The Bertz CT molecular complexity index is 1570. The Morgan fingerprint density at radius 3 is 1.18 bits per heavy atom. The Labute approximate surface area is 234 Å². The molecule has 0 fully saturated rings. The quantitative estimate of drug-likeness (QED) is 0.167. The number of hydrogen-bond donors (Lipinski definition) is 2. The van der Waals surface area contributed by atoms with Gasteiger partial charge in [0.1, 0.15) is 11.4 Å². The van der Waals surface area contributed by atoms with Crippen LogP contribution in [0.25, 0.3) is 44.1 Å². The summed E-state index contributed by atoms with van der Waals surface area (Å²) < 4.78 is 0. The molecular weight excluding hydrogens is 492 g/mol. The largest absolute Gasteiger partial charge is 0.368 e. The maximum atomic E-state index is 4.56. The normalized spacial score (nSPS) is 11.1. The molecule has 0 amide bonds. The van der Waals surface area contributed by atoms with E-state index < -0.39 is 0 Å². The number of anilines is 2. The molecule has 0 aliphatic heterocycles. The van der Waals surface area contributed by atoms with Gasteiger partial charge in [-0.3, -0.25) is 0 Å². The Hall–Kier alpha value is -4.84. The van der Waals surface area contributed by atoms with Crippen molar-refractivity contribution in [1.82, 2.24) is 20.4 Å². The summed E-state index contributed by atoms with van der Waals surface area (Å²) in [6, 6.07) is 37.2. The number of hydrogen-bond acceptors (Lipinski definition) is 6. The second-order valence-electron chi connectivity index (χ2n) is 9.89. The molecule has 198 valence electrons. The number of benzene rings is 4. The minimum Gasteiger partial charge on any atom is -0.368 e. The van der Waals surface area contributed by atoms with Crippen LogP contribution in [0.15, 0.2) is 109 Å². The average Bonchev–Trinajstić information content (AvgIpc) is 3.03. The highest BCUT2D eigenvalue weighted by atomic mass is 15.2. The number of nitrogens with zero attached hydrogens (tertiary/aromatic N) is 4. The lowest BCUT2D eigenvalue weighted by atomic mass is 10.0. The van der Waals surface area contributed by atoms with Crippen LogP contribution in [-0.2, 0) is 0 Å². The minimum atomic E-state index is 0.848. The van der Waals surface area contributed by atoms with Gasteiger partial charge in [0.15, 0.2) is 11.6 Å². The zero-order valence-electron chi connectivity index (χ0n) is 22.4. The molecule has 0 radical (unpaired) electrons. The van der Waals surface area contributed by atoms with Crippen LogP contribution in [0.4, 0.5) is 11.6 Å². The molecule has 0 saturated carbocycles. The number of nitrogens with one attached hydrogen (secondary N) is 2. The molecule has 0 atom stereocenters. The van der Waals surface area contributed by atoms with Crippen LogP contribution in [-0.4, -0.2) is 33.5 Å². The van der Waals surface area contributed by atoms with Crippen molar-refractivity contribution in [2.45, 2.75) is 25.7 Å². The van der Waals surface area contributed by atoms with Gasteiger partial charge in [0.2, 0.25) is 0 Å². The molecule has 2 heterocycles. The lowest BCUT2D eigenvalue weighted by Gasteiger charge is -2.12. The molecule has 0 bridgehead atoms. The van der Waals surface area contributed by atoms with Crippen LogP contribution in [0.2, 0.25) is 0 Å². The van der Waals surface area contributed by atoms with E-state index in [0.29, 0.717) is 0 Å². The predicted octanol–water partition coefficient (Wildman–Crippen LogP) is 7.99. The summed E-state index contributed by atoms with van der Waals surface area (Å²) in [5, 5.41) is 29.6. The summed E-state index contributed by atoms with van der Waals surface area (Å²) in [5.41, 5.74) is 4.00. The molecular formula is C34H32N6. The third-order valence-electron chi connectivity index (χ3n) is 7.16. The zero-order valence-corrected chi connectivity index (χ0v) is 22.4. The smallest absolute Gasteiger partial charge is 0.156 e. The van der Waals surface area contributed by atoms with Crippen molar-refractivity contribution in [2.75, 3.05) is 23.7 Å². The fourth-order valence-corrected chi connectivity index (χ4v) is 5.10. The van der Waals surface area contributed by atoms with Crippen LogP contribution in [0.1, 0.15) is 25.7 Å².